The van der Waals surface area contributed by atoms with Gasteiger partial charge in [-0.2, -0.15) is 0 Å². The molecule has 1 aliphatic heterocycles. The smallest absolute Gasteiger partial charge is 0.267 e. The molecule has 3 amide bonds. The number of hydrogen-bond acceptors (Lipinski definition) is 5. The molecule has 1 aromatic rings. The molecule has 0 spiro atoms. The Hall–Kier alpha value is -2.52. The summed E-state index contributed by atoms with van der Waals surface area (Å²) in [5.74, 6) is -2.30. The number of hydrogen-bond donors (Lipinski definition) is 4. The van der Waals surface area contributed by atoms with Crippen molar-refractivity contribution in [1.29, 1.82) is 0 Å². The van der Waals surface area contributed by atoms with E-state index in [2.05, 4.69) is 20.9 Å². The summed E-state index contributed by atoms with van der Waals surface area (Å²) < 4.78 is 13.2. The van der Waals surface area contributed by atoms with Gasteiger partial charge in [-0.3, -0.25) is 24.7 Å². The van der Waals surface area contributed by atoms with Crippen molar-refractivity contribution in [2.45, 2.75) is 38.1 Å². The van der Waals surface area contributed by atoms with E-state index < -0.39 is 23.2 Å². The van der Waals surface area contributed by atoms with Crippen molar-refractivity contribution in [1.82, 2.24) is 10.6 Å². The maximum Gasteiger partial charge on any atom is 0.267 e. The predicted molar refractivity (Wildman–Crippen MR) is 112 cm³/mol. The molecule has 2 aliphatic rings. The van der Waals surface area contributed by atoms with Gasteiger partial charge in [-0.25, -0.2) is 4.39 Å². The van der Waals surface area contributed by atoms with Gasteiger partial charge in [0, 0.05) is 12.5 Å². The molecule has 0 bridgehead atoms. The molecule has 5 N–H and O–H groups in total. The van der Waals surface area contributed by atoms with Crippen LogP contribution in [0.5, 0.6) is 0 Å². The van der Waals surface area contributed by atoms with Crippen molar-refractivity contribution in [2.75, 3.05) is 18.5 Å². The Labute approximate surface area is 178 Å². The number of anilines is 1. The standard InChI is InChI=1S/C20H25ClFN5O3/c1-2-24-18(29)16-20(19(23)30,26-10-25-16)12-5-3-11(4-6-12)17(28)27-15-8-7-13(22)9-14(15)21/h7-9,11-12,26H,2-6,10H2,1H3,(H2,23,30)(H,24,29)(H,27,28). The van der Waals surface area contributed by atoms with Gasteiger partial charge in [-0.15, -0.1) is 0 Å². The molecule has 0 radical (unpaired) electrons. The average molecular weight is 438 g/mol. The van der Waals surface area contributed by atoms with Crippen LogP contribution in [0.15, 0.2) is 23.2 Å². The monoisotopic (exact) mass is 437 g/mol. The maximum atomic E-state index is 13.2. The highest BCUT2D eigenvalue weighted by molar-refractivity contribution is 6.47. The largest absolute Gasteiger partial charge is 0.368 e. The van der Waals surface area contributed by atoms with Gasteiger partial charge in [0.1, 0.15) is 17.1 Å². The molecule has 1 unspecified atom stereocenters. The van der Waals surface area contributed by atoms with Crippen molar-refractivity contribution in [2.24, 2.45) is 22.6 Å². The molecule has 10 heteroatoms. The first-order valence-corrected chi connectivity index (χ1v) is 10.3. The van der Waals surface area contributed by atoms with Crippen molar-refractivity contribution >= 4 is 40.7 Å². The number of benzene rings is 1. The molecule has 3 rings (SSSR count). The van der Waals surface area contributed by atoms with Gasteiger partial charge in [-0.1, -0.05) is 11.6 Å². The van der Waals surface area contributed by atoms with Crippen LogP contribution in [-0.2, 0) is 14.4 Å². The summed E-state index contributed by atoms with van der Waals surface area (Å²) in [4.78, 5) is 41.7. The van der Waals surface area contributed by atoms with Crippen molar-refractivity contribution in [3.8, 4) is 0 Å². The number of aliphatic imine (C=N–C) groups is 1. The summed E-state index contributed by atoms with van der Waals surface area (Å²) in [7, 11) is 0. The van der Waals surface area contributed by atoms with Crippen molar-refractivity contribution in [3.63, 3.8) is 0 Å². The zero-order chi connectivity index (χ0) is 21.9. The van der Waals surface area contributed by atoms with Crippen LogP contribution in [0.2, 0.25) is 5.02 Å². The van der Waals surface area contributed by atoms with Crippen LogP contribution >= 0.6 is 11.6 Å². The first kappa shape index (κ1) is 22.2. The quantitative estimate of drug-likeness (QED) is 0.539. The highest BCUT2D eigenvalue weighted by atomic mass is 35.5. The third kappa shape index (κ3) is 4.17. The van der Waals surface area contributed by atoms with Gasteiger partial charge in [0.2, 0.25) is 11.8 Å². The summed E-state index contributed by atoms with van der Waals surface area (Å²) >= 11 is 5.98. The van der Waals surface area contributed by atoms with Gasteiger partial charge in [0.15, 0.2) is 0 Å². The fourth-order valence-corrected chi connectivity index (χ4v) is 4.52. The number of nitrogens with two attached hydrogens (primary N) is 1. The van der Waals surface area contributed by atoms with E-state index in [4.69, 9.17) is 17.3 Å². The minimum absolute atomic E-state index is 0.114. The third-order valence-corrected chi connectivity index (χ3v) is 6.12. The lowest BCUT2D eigenvalue weighted by Crippen LogP contribution is -2.65. The highest BCUT2D eigenvalue weighted by Gasteiger charge is 2.54. The topological polar surface area (TPSA) is 126 Å². The molecular weight excluding hydrogens is 413 g/mol. The van der Waals surface area contributed by atoms with E-state index in [1.165, 1.54) is 12.1 Å². The molecule has 1 saturated carbocycles. The third-order valence-electron chi connectivity index (χ3n) is 5.81. The van der Waals surface area contributed by atoms with Gasteiger partial charge in [-0.05, 0) is 56.7 Å². The van der Waals surface area contributed by atoms with Gasteiger partial charge < -0.3 is 16.4 Å². The summed E-state index contributed by atoms with van der Waals surface area (Å²) in [6.07, 6.45) is 2.05. The molecule has 8 nitrogen and oxygen atoms in total. The van der Waals surface area contributed by atoms with E-state index in [0.29, 0.717) is 37.9 Å². The Balaban J connectivity index is 1.69. The minimum Gasteiger partial charge on any atom is -0.368 e. The Morgan fingerprint density at radius 2 is 2.00 bits per heavy atom. The summed E-state index contributed by atoms with van der Waals surface area (Å²) in [6.45, 7) is 2.33. The van der Waals surface area contributed by atoms with Crippen molar-refractivity contribution in [3.05, 3.63) is 29.0 Å². The lowest BCUT2D eigenvalue weighted by Gasteiger charge is -2.39. The zero-order valence-corrected chi connectivity index (χ0v) is 17.4. The van der Waals surface area contributed by atoms with Crippen molar-refractivity contribution < 1.29 is 18.8 Å². The van der Waals surface area contributed by atoms with E-state index in [-0.39, 0.29) is 35.1 Å². The van der Waals surface area contributed by atoms with Crippen LogP contribution in [0, 0.1) is 17.7 Å². The van der Waals surface area contributed by atoms with E-state index >= 15 is 0 Å². The van der Waals surface area contributed by atoms with Crippen LogP contribution < -0.4 is 21.7 Å². The van der Waals surface area contributed by atoms with Crippen LogP contribution in [0.1, 0.15) is 32.6 Å². The number of carbonyl (C=O) groups excluding carboxylic acids is 3. The second kappa shape index (κ2) is 9.09. The molecule has 0 saturated heterocycles. The zero-order valence-electron chi connectivity index (χ0n) is 16.6. The second-order valence-electron chi connectivity index (χ2n) is 7.54. The molecule has 0 aromatic heterocycles. The summed E-state index contributed by atoms with van der Waals surface area (Å²) in [5.41, 5.74) is 4.86. The van der Waals surface area contributed by atoms with E-state index in [9.17, 15) is 18.8 Å². The lowest BCUT2D eigenvalue weighted by atomic mass is 9.69. The number of amides is 3. The van der Waals surface area contributed by atoms with Crippen LogP contribution in [-0.4, -0.2) is 42.2 Å². The molecule has 1 heterocycles. The second-order valence-corrected chi connectivity index (χ2v) is 7.94. The molecular formula is C20H25ClFN5O3. The maximum absolute atomic E-state index is 13.2. The SMILES string of the molecule is CCNC(=O)C1=NCNC1(C(N)=O)C1CCC(C(=O)Nc2ccc(F)cc2Cl)CC1. The fraction of sp³-hybridized carbons (Fsp3) is 0.500. The van der Waals surface area contributed by atoms with E-state index in [1.807, 2.05) is 0 Å². The Morgan fingerprint density at radius 3 is 2.60 bits per heavy atom. The Morgan fingerprint density at radius 1 is 1.30 bits per heavy atom. The number of rotatable bonds is 6. The first-order valence-electron chi connectivity index (χ1n) is 9.93. The van der Waals surface area contributed by atoms with Crippen LogP contribution in [0.3, 0.4) is 0 Å². The Kier molecular flexibility index (Phi) is 6.72. The van der Waals surface area contributed by atoms with Crippen LogP contribution in [0.4, 0.5) is 10.1 Å². The number of halogens is 2. The molecule has 1 aliphatic carbocycles. The molecule has 30 heavy (non-hydrogen) atoms. The van der Waals surface area contributed by atoms with E-state index in [1.54, 1.807) is 6.92 Å². The molecule has 1 fully saturated rings. The summed E-state index contributed by atoms with van der Waals surface area (Å²) in [6, 6.07) is 3.78. The molecule has 1 aromatic carbocycles. The summed E-state index contributed by atoms with van der Waals surface area (Å²) in [5, 5.41) is 8.57. The fourth-order valence-electron chi connectivity index (χ4n) is 4.30. The highest BCUT2D eigenvalue weighted by Crippen LogP contribution is 2.38. The van der Waals surface area contributed by atoms with Gasteiger partial charge in [0.25, 0.3) is 5.91 Å². The van der Waals surface area contributed by atoms with Gasteiger partial charge in [0.05, 0.1) is 17.4 Å². The Bertz CT molecular complexity index is 885. The molecule has 1 atom stereocenters. The number of nitrogens with one attached hydrogen (secondary N) is 3. The van der Waals surface area contributed by atoms with E-state index in [0.717, 1.165) is 6.07 Å². The van der Waals surface area contributed by atoms with Crippen LogP contribution in [0.25, 0.3) is 0 Å². The minimum atomic E-state index is -1.33. The average Bonchev–Trinajstić information content (AvgIpc) is 3.17. The lowest BCUT2D eigenvalue weighted by molar-refractivity contribution is -0.126. The number of nitrogens with zero attached hydrogens (tertiary/aromatic N) is 1. The number of carbonyl (C=O) groups is 3. The first-order chi connectivity index (χ1) is 14.3. The normalized spacial score (nSPS) is 26.0. The predicted octanol–water partition coefficient (Wildman–Crippen LogP) is 1.59. The molecule has 162 valence electrons. The van der Waals surface area contributed by atoms with Gasteiger partial charge >= 0.3 is 0 Å². The number of primary amides is 1.